The maximum atomic E-state index is 13.1. The summed E-state index contributed by atoms with van der Waals surface area (Å²) >= 11 is 0.808. The lowest BCUT2D eigenvalue weighted by atomic mass is 10.1. The van der Waals surface area contributed by atoms with E-state index in [4.69, 9.17) is 14.6 Å². The Bertz CT molecular complexity index is 1260. The number of carboxylic acid groups (broad SMARTS) is 2. The first-order valence-electron chi connectivity index (χ1n) is 9.89. The normalized spacial score (nSPS) is 11.9. The molecule has 0 aliphatic heterocycles. The van der Waals surface area contributed by atoms with Gasteiger partial charge in [-0.2, -0.15) is 26.3 Å². The van der Waals surface area contributed by atoms with Gasteiger partial charge in [0.05, 0.1) is 11.1 Å². The summed E-state index contributed by atoms with van der Waals surface area (Å²) in [5.41, 5.74) is -2.53. The third kappa shape index (κ3) is 6.27. The molecule has 2 N–H and O–H groups in total. The van der Waals surface area contributed by atoms with Crippen molar-refractivity contribution in [1.29, 1.82) is 0 Å². The number of carbonyl (C=O) groups is 2. The summed E-state index contributed by atoms with van der Waals surface area (Å²) < 4.78 is 89.0. The second kappa shape index (κ2) is 10.1. The van der Waals surface area contributed by atoms with E-state index in [0.717, 1.165) is 11.3 Å². The monoisotopic (exact) mass is 534 g/mol. The molecule has 3 aromatic rings. The molecule has 1 heterocycles. The Labute approximate surface area is 203 Å². The van der Waals surface area contributed by atoms with E-state index in [1.165, 1.54) is 25.1 Å². The minimum Gasteiger partial charge on any atom is -0.489 e. The van der Waals surface area contributed by atoms with Gasteiger partial charge in [0.2, 0.25) is 0 Å². The third-order valence-electron chi connectivity index (χ3n) is 4.77. The van der Waals surface area contributed by atoms with E-state index in [0.29, 0.717) is 28.1 Å². The number of alkyl halides is 6. The van der Waals surface area contributed by atoms with Crippen LogP contribution in [0, 0.1) is 6.92 Å². The van der Waals surface area contributed by atoms with Crippen molar-refractivity contribution >= 4 is 23.3 Å². The largest absolute Gasteiger partial charge is 0.489 e. The number of benzene rings is 2. The quantitative estimate of drug-likeness (QED) is 0.321. The molecular formula is C23H16F6O6S. The fourth-order valence-electron chi connectivity index (χ4n) is 3.22. The molecular weight excluding hydrogens is 518 g/mol. The molecule has 3 rings (SSSR count). The van der Waals surface area contributed by atoms with Crippen molar-refractivity contribution in [3.8, 4) is 21.9 Å². The number of carboxylic acids is 2. The van der Waals surface area contributed by atoms with Crippen LogP contribution in [0.5, 0.6) is 11.5 Å². The molecule has 0 amide bonds. The molecule has 2 aromatic carbocycles. The Morgan fingerprint density at radius 2 is 1.53 bits per heavy atom. The summed E-state index contributed by atoms with van der Waals surface area (Å²) in [6, 6.07) is 7.06. The van der Waals surface area contributed by atoms with Crippen LogP contribution in [-0.4, -0.2) is 28.8 Å². The van der Waals surface area contributed by atoms with E-state index in [1.54, 1.807) is 6.07 Å². The van der Waals surface area contributed by atoms with Crippen LogP contribution < -0.4 is 9.47 Å². The van der Waals surface area contributed by atoms with E-state index in [2.05, 4.69) is 0 Å². The van der Waals surface area contributed by atoms with Gasteiger partial charge in [0.1, 0.15) is 18.1 Å². The zero-order chi connectivity index (χ0) is 26.8. The molecule has 0 saturated carbocycles. The van der Waals surface area contributed by atoms with Gasteiger partial charge in [-0.15, -0.1) is 11.3 Å². The SMILES string of the molecule is Cc1c(-c2cccc(OCc3cc(C(F)(F)F)cc(C(F)(F)F)c3)c2)sc(C(=O)O)c1OCC(=O)O. The first-order valence-corrected chi connectivity index (χ1v) is 10.7. The van der Waals surface area contributed by atoms with Gasteiger partial charge in [0, 0.05) is 10.4 Å². The second-order valence-corrected chi connectivity index (χ2v) is 8.45. The van der Waals surface area contributed by atoms with Crippen LogP contribution in [0.1, 0.15) is 31.9 Å². The highest BCUT2D eigenvalue weighted by atomic mass is 32.1. The van der Waals surface area contributed by atoms with Crippen LogP contribution in [-0.2, 0) is 23.8 Å². The minimum absolute atomic E-state index is 0.0216. The molecule has 0 radical (unpaired) electrons. The highest BCUT2D eigenvalue weighted by Gasteiger charge is 2.37. The van der Waals surface area contributed by atoms with Crippen molar-refractivity contribution in [3.05, 3.63) is 69.6 Å². The molecule has 0 aliphatic rings. The van der Waals surface area contributed by atoms with Crippen molar-refractivity contribution in [2.45, 2.75) is 25.9 Å². The van der Waals surface area contributed by atoms with Crippen LogP contribution >= 0.6 is 11.3 Å². The Morgan fingerprint density at radius 1 is 0.917 bits per heavy atom. The maximum absolute atomic E-state index is 13.1. The standard InChI is InChI=1S/C23H16F6O6S/c1-11-18(35-10-17(30)31)20(21(32)33)36-19(11)13-3-2-4-16(7-13)34-9-12-5-14(22(24,25)26)8-15(6-12)23(27,28)29/h2-8H,9-10H2,1H3,(H,30,31)(H,32,33). The number of halogens is 6. The molecule has 0 unspecified atom stereocenters. The van der Waals surface area contributed by atoms with Gasteiger partial charge in [-0.1, -0.05) is 12.1 Å². The zero-order valence-electron chi connectivity index (χ0n) is 18.2. The summed E-state index contributed by atoms with van der Waals surface area (Å²) in [5, 5.41) is 18.3. The fourth-order valence-corrected chi connectivity index (χ4v) is 4.31. The Balaban J connectivity index is 1.90. The summed E-state index contributed by atoms with van der Waals surface area (Å²) in [7, 11) is 0. The smallest absolute Gasteiger partial charge is 0.416 e. The van der Waals surface area contributed by atoms with Crippen molar-refractivity contribution in [2.24, 2.45) is 0 Å². The van der Waals surface area contributed by atoms with Crippen LogP contribution in [0.2, 0.25) is 0 Å². The first kappa shape index (κ1) is 26.9. The van der Waals surface area contributed by atoms with Crippen LogP contribution in [0.15, 0.2) is 42.5 Å². The average Bonchev–Trinajstić information content (AvgIpc) is 3.11. The van der Waals surface area contributed by atoms with Gasteiger partial charge in [-0.3, -0.25) is 0 Å². The van der Waals surface area contributed by atoms with Crippen LogP contribution in [0.25, 0.3) is 10.4 Å². The Hall–Kier alpha value is -3.74. The van der Waals surface area contributed by atoms with E-state index in [1.807, 2.05) is 0 Å². The number of thiophene rings is 1. The summed E-state index contributed by atoms with van der Waals surface area (Å²) in [4.78, 5) is 22.6. The molecule has 0 saturated heterocycles. The number of rotatable bonds is 8. The molecule has 1 aromatic heterocycles. The topological polar surface area (TPSA) is 93.1 Å². The lowest BCUT2D eigenvalue weighted by Gasteiger charge is -2.15. The molecule has 0 fully saturated rings. The first-order chi connectivity index (χ1) is 16.7. The van der Waals surface area contributed by atoms with Gasteiger partial charge in [-0.05, 0) is 48.4 Å². The number of hydrogen-bond acceptors (Lipinski definition) is 5. The van der Waals surface area contributed by atoms with E-state index in [-0.39, 0.29) is 28.0 Å². The van der Waals surface area contributed by atoms with Crippen LogP contribution in [0.4, 0.5) is 26.3 Å². The van der Waals surface area contributed by atoms with E-state index < -0.39 is 48.6 Å². The third-order valence-corrected chi connectivity index (χ3v) is 6.09. The van der Waals surface area contributed by atoms with Gasteiger partial charge in [-0.25, -0.2) is 9.59 Å². The highest BCUT2D eigenvalue weighted by Crippen LogP contribution is 2.42. The fraction of sp³-hybridized carbons (Fsp3) is 0.217. The molecule has 192 valence electrons. The molecule has 13 heteroatoms. The summed E-state index contributed by atoms with van der Waals surface area (Å²) in [6.07, 6.45) is -9.98. The second-order valence-electron chi connectivity index (χ2n) is 7.43. The number of ether oxygens (including phenoxy) is 2. The molecule has 0 bridgehead atoms. The highest BCUT2D eigenvalue weighted by molar-refractivity contribution is 7.18. The maximum Gasteiger partial charge on any atom is 0.416 e. The minimum atomic E-state index is -4.99. The van der Waals surface area contributed by atoms with E-state index in [9.17, 15) is 41.0 Å². The van der Waals surface area contributed by atoms with Gasteiger partial charge in [0.15, 0.2) is 11.5 Å². The van der Waals surface area contributed by atoms with Gasteiger partial charge >= 0.3 is 24.3 Å². The number of aliphatic carboxylic acids is 1. The predicted octanol–water partition coefficient (Wildman–Crippen LogP) is 6.50. The van der Waals surface area contributed by atoms with E-state index >= 15 is 0 Å². The van der Waals surface area contributed by atoms with Gasteiger partial charge < -0.3 is 19.7 Å². The molecule has 0 aliphatic carbocycles. The average molecular weight is 534 g/mol. The molecule has 0 atom stereocenters. The van der Waals surface area contributed by atoms with Crippen LogP contribution in [0.3, 0.4) is 0 Å². The Morgan fingerprint density at radius 3 is 2.06 bits per heavy atom. The Kier molecular flexibility index (Phi) is 7.53. The number of hydrogen-bond donors (Lipinski definition) is 2. The summed E-state index contributed by atoms with van der Waals surface area (Å²) in [6.45, 7) is 0.148. The van der Waals surface area contributed by atoms with Crippen molar-refractivity contribution in [2.75, 3.05) is 6.61 Å². The molecule has 6 nitrogen and oxygen atoms in total. The number of aromatic carboxylic acids is 1. The van der Waals surface area contributed by atoms with Crippen molar-refractivity contribution in [1.82, 2.24) is 0 Å². The van der Waals surface area contributed by atoms with Crippen molar-refractivity contribution in [3.63, 3.8) is 0 Å². The lowest BCUT2D eigenvalue weighted by molar-refractivity contribution is -0.143. The predicted molar refractivity (Wildman–Crippen MR) is 115 cm³/mol. The zero-order valence-corrected chi connectivity index (χ0v) is 19.0. The molecule has 0 spiro atoms. The summed E-state index contributed by atoms with van der Waals surface area (Å²) in [5.74, 6) is -2.68. The van der Waals surface area contributed by atoms with Gasteiger partial charge in [0.25, 0.3) is 0 Å². The molecule has 36 heavy (non-hydrogen) atoms. The van der Waals surface area contributed by atoms with Crippen molar-refractivity contribution < 1.29 is 55.6 Å². The lowest BCUT2D eigenvalue weighted by Crippen LogP contribution is -2.12.